The molecule has 6 heteroatoms. The number of morpholine rings is 1. The molecule has 6 nitrogen and oxygen atoms in total. The second-order valence-electron chi connectivity index (χ2n) is 8.02. The van der Waals surface area contributed by atoms with Gasteiger partial charge in [-0.2, -0.15) is 0 Å². The molecule has 1 atom stereocenters. The maximum atomic E-state index is 13.3. The predicted octanol–water partition coefficient (Wildman–Crippen LogP) is 1.72. The van der Waals surface area contributed by atoms with Crippen LogP contribution in [0.1, 0.15) is 28.8 Å². The number of nitrogens with zero attached hydrogens (tertiary/aromatic N) is 2. The highest BCUT2D eigenvalue weighted by Crippen LogP contribution is 2.45. The molecule has 0 aliphatic carbocycles. The number of benzene rings is 1. The molecule has 0 aromatic heterocycles. The van der Waals surface area contributed by atoms with Gasteiger partial charge in [0.2, 0.25) is 5.91 Å². The Morgan fingerprint density at radius 3 is 2.44 bits per heavy atom. The van der Waals surface area contributed by atoms with Crippen molar-refractivity contribution in [1.29, 1.82) is 0 Å². The zero-order chi connectivity index (χ0) is 18.9. The summed E-state index contributed by atoms with van der Waals surface area (Å²) in [4.78, 5) is 30.3. The van der Waals surface area contributed by atoms with E-state index in [0.717, 1.165) is 18.4 Å². The molecule has 0 bridgehead atoms. The number of likely N-dealkylation sites (tertiary alicyclic amines) is 1. The van der Waals surface area contributed by atoms with Gasteiger partial charge in [-0.05, 0) is 31.9 Å². The van der Waals surface area contributed by atoms with Crippen LogP contribution in [0.2, 0.25) is 0 Å². The number of ether oxygens (including phenoxy) is 2. The van der Waals surface area contributed by atoms with E-state index >= 15 is 0 Å². The molecule has 4 rings (SSSR count). The Morgan fingerprint density at radius 2 is 1.74 bits per heavy atom. The zero-order valence-corrected chi connectivity index (χ0v) is 16.0. The number of amides is 2. The molecule has 1 aromatic rings. The molecule has 3 saturated heterocycles. The highest BCUT2D eigenvalue weighted by atomic mass is 16.5. The smallest absolute Gasteiger partial charge is 0.253 e. The molecule has 3 fully saturated rings. The molecule has 0 saturated carbocycles. The topological polar surface area (TPSA) is 59.1 Å². The van der Waals surface area contributed by atoms with Crippen molar-refractivity contribution in [3.8, 4) is 0 Å². The molecule has 1 aromatic carbocycles. The third-order valence-electron chi connectivity index (χ3n) is 6.31. The molecular weight excluding hydrogens is 344 g/mol. The number of aryl methyl sites for hydroxylation is 1. The normalized spacial score (nSPS) is 25.0. The van der Waals surface area contributed by atoms with Gasteiger partial charge in [0.05, 0.1) is 19.1 Å². The summed E-state index contributed by atoms with van der Waals surface area (Å²) in [5, 5.41) is 0. The van der Waals surface area contributed by atoms with E-state index in [-0.39, 0.29) is 23.1 Å². The van der Waals surface area contributed by atoms with Crippen molar-refractivity contribution < 1.29 is 19.1 Å². The van der Waals surface area contributed by atoms with Crippen molar-refractivity contribution >= 4 is 11.8 Å². The van der Waals surface area contributed by atoms with Gasteiger partial charge in [0.25, 0.3) is 5.91 Å². The van der Waals surface area contributed by atoms with Gasteiger partial charge in [0.15, 0.2) is 0 Å². The highest BCUT2D eigenvalue weighted by molar-refractivity contribution is 5.95. The van der Waals surface area contributed by atoms with Gasteiger partial charge < -0.3 is 19.3 Å². The van der Waals surface area contributed by atoms with Crippen molar-refractivity contribution in [3.63, 3.8) is 0 Å². The van der Waals surface area contributed by atoms with Crippen LogP contribution in [0.5, 0.6) is 0 Å². The molecule has 0 unspecified atom stereocenters. The lowest BCUT2D eigenvalue weighted by Crippen LogP contribution is -2.49. The summed E-state index contributed by atoms with van der Waals surface area (Å²) >= 11 is 0. The van der Waals surface area contributed by atoms with Gasteiger partial charge in [-0.1, -0.05) is 17.7 Å². The first kappa shape index (κ1) is 18.4. The van der Waals surface area contributed by atoms with E-state index in [1.807, 2.05) is 41.0 Å². The molecule has 146 valence electrons. The number of rotatable bonds is 2. The summed E-state index contributed by atoms with van der Waals surface area (Å²) < 4.78 is 11.0. The first-order valence-corrected chi connectivity index (χ1v) is 9.89. The van der Waals surface area contributed by atoms with Gasteiger partial charge >= 0.3 is 0 Å². The van der Waals surface area contributed by atoms with Crippen molar-refractivity contribution in [2.75, 3.05) is 52.6 Å². The van der Waals surface area contributed by atoms with Crippen LogP contribution in [-0.4, -0.2) is 74.2 Å². The van der Waals surface area contributed by atoms with E-state index in [1.54, 1.807) is 0 Å². The largest absolute Gasteiger partial charge is 0.381 e. The standard InChI is InChI=1S/C21H28N2O4/c1-16-3-2-4-17(13-16)19(24)23-14-18(20(25)22-7-11-27-12-8-22)21(15-23)5-9-26-10-6-21/h2-4,13,18H,5-12,14-15H2,1H3/t18-/m0/s1. The summed E-state index contributed by atoms with van der Waals surface area (Å²) in [6, 6.07) is 7.70. The fourth-order valence-electron chi connectivity index (χ4n) is 4.71. The first-order valence-electron chi connectivity index (χ1n) is 9.89. The van der Waals surface area contributed by atoms with Crippen LogP contribution in [0.15, 0.2) is 24.3 Å². The van der Waals surface area contributed by atoms with Crippen LogP contribution >= 0.6 is 0 Å². The fraction of sp³-hybridized carbons (Fsp3) is 0.619. The van der Waals surface area contributed by atoms with Gasteiger partial charge in [-0.15, -0.1) is 0 Å². The second kappa shape index (κ2) is 7.60. The molecule has 0 N–H and O–H groups in total. The predicted molar refractivity (Wildman–Crippen MR) is 100 cm³/mol. The molecular formula is C21H28N2O4. The van der Waals surface area contributed by atoms with E-state index < -0.39 is 0 Å². The van der Waals surface area contributed by atoms with E-state index in [1.165, 1.54) is 0 Å². The Balaban J connectivity index is 1.57. The van der Waals surface area contributed by atoms with Crippen LogP contribution in [0.4, 0.5) is 0 Å². The summed E-state index contributed by atoms with van der Waals surface area (Å²) in [5.74, 6) is 0.0647. The van der Waals surface area contributed by atoms with Gasteiger partial charge in [0, 0.05) is 50.4 Å². The first-order chi connectivity index (χ1) is 13.1. The Morgan fingerprint density at radius 1 is 1.04 bits per heavy atom. The third-order valence-corrected chi connectivity index (χ3v) is 6.31. The minimum Gasteiger partial charge on any atom is -0.381 e. The second-order valence-corrected chi connectivity index (χ2v) is 8.02. The van der Waals surface area contributed by atoms with Crippen LogP contribution in [0.3, 0.4) is 0 Å². The average Bonchev–Trinajstić information content (AvgIpc) is 3.06. The molecule has 2 amide bonds. The average molecular weight is 372 g/mol. The number of hydrogen-bond donors (Lipinski definition) is 0. The molecule has 27 heavy (non-hydrogen) atoms. The molecule has 1 spiro atoms. The minimum absolute atomic E-state index is 0.0295. The number of hydrogen-bond acceptors (Lipinski definition) is 4. The van der Waals surface area contributed by atoms with Crippen molar-refractivity contribution in [2.45, 2.75) is 19.8 Å². The van der Waals surface area contributed by atoms with Crippen molar-refractivity contribution in [1.82, 2.24) is 9.80 Å². The van der Waals surface area contributed by atoms with Crippen LogP contribution in [0.25, 0.3) is 0 Å². The molecule has 3 aliphatic rings. The highest BCUT2D eigenvalue weighted by Gasteiger charge is 2.52. The maximum absolute atomic E-state index is 13.3. The van der Waals surface area contributed by atoms with Crippen molar-refractivity contribution in [2.24, 2.45) is 11.3 Å². The van der Waals surface area contributed by atoms with Gasteiger partial charge in [-0.25, -0.2) is 0 Å². The Hall–Kier alpha value is -1.92. The van der Waals surface area contributed by atoms with Gasteiger partial charge in [-0.3, -0.25) is 9.59 Å². The van der Waals surface area contributed by atoms with E-state index in [0.29, 0.717) is 58.2 Å². The molecule has 3 heterocycles. The summed E-state index contributed by atoms with van der Waals surface area (Å²) in [6.07, 6.45) is 1.68. The maximum Gasteiger partial charge on any atom is 0.253 e. The minimum atomic E-state index is -0.160. The monoisotopic (exact) mass is 372 g/mol. The molecule has 0 radical (unpaired) electrons. The lowest BCUT2D eigenvalue weighted by Gasteiger charge is -2.39. The number of carbonyl (C=O) groups excluding carboxylic acids is 2. The SMILES string of the molecule is Cc1cccc(C(=O)N2C[C@@H](C(=O)N3CCOCC3)C3(CCOCC3)C2)c1. The van der Waals surface area contributed by atoms with Crippen LogP contribution < -0.4 is 0 Å². The van der Waals surface area contributed by atoms with E-state index in [2.05, 4.69) is 0 Å². The Bertz CT molecular complexity index is 708. The molecule has 3 aliphatic heterocycles. The van der Waals surface area contributed by atoms with Crippen LogP contribution in [0, 0.1) is 18.3 Å². The lowest BCUT2D eigenvalue weighted by atomic mass is 9.71. The summed E-state index contributed by atoms with van der Waals surface area (Å²) in [7, 11) is 0. The Kier molecular flexibility index (Phi) is 5.19. The van der Waals surface area contributed by atoms with Crippen molar-refractivity contribution in [3.05, 3.63) is 35.4 Å². The number of carbonyl (C=O) groups is 2. The fourth-order valence-corrected chi connectivity index (χ4v) is 4.71. The van der Waals surface area contributed by atoms with Gasteiger partial charge in [0.1, 0.15) is 0 Å². The van der Waals surface area contributed by atoms with Crippen LogP contribution in [-0.2, 0) is 14.3 Å². The summed E-state index contributed by atoms with van der Waals surface area (Å²) in [5.41, 5.74) is 1.62. The van der Waals surface area contributed by atoms with E-state index in [4.69, 9.17) is 9.47 Å². The lowest BCUT2D eigenvalue weighted by molar-refractivity contribution is -0.144. The Labute approximate surface area is 160 Å². The third kappa shape index (κ3) is 3.60. The van der Waals surface area contributed by atoms with E-state index in [9.17, 15) is 9.59 Å². The summed E-state index contributed by atoms with van der Waals surface area (Å²) in [6.45, 7) is 6.96. The zero-order valence-electron chi connectivity index (χ0n) is 16.0. The quantitative estimate of drug-likeness (QED) is 0.793.